The molecule has 0 aromatic carbocycles. The van der Waals surface area contributed by atoms with E-state index in [9.17, 15) is 0 Å². The summed E-state index contributed by atoms with van der Waals surface area (Å²) in [5.41, 5.74) is 0. The first-order valence-corrected chi connectivity index (χ1v) is 4.09. The molecule has 2 aromatic heterocycles. The Labute approximate surface area is 79.7 Å². The summed E-state index contributed by atoms with van der Waals surface area (Å²) in [6, 6.07) is 0. The number of H-pyrrole nitrogens is 1. The van der Waals surface area contributed by atoms with Crippen molar-refractivity contribution in [2.75, 3.05) is 5.32 Å². The van der Waals surface area contributed by atoms with Crippen LogP contribution in [0.15, 0.2) is 0 Å². The monoisotopic (exact) mass is 194 g/mol. The molecule has 0 amide bonds. The number of aromatic amines is 1. The maximum Gasteiger partial charge on any atom is 0.263 e. The summed E-state index contributed by atoms with van der Waals surface area (Å²) in [5, 5.41) is 24.1. The van der Waals surface area contributed by atoms with Crippen LogP contribution < -0.4 is 5.32 Å². The van der Waals surface area contributed by atoms with Crippen LogP contribution in [0, 0.1) is 6.92 Å². The molecule has 0 unspecified atom stereocenters. The first-order valence-electron chi connectivity index (χ1n) is 4.09. The van der Waals surface area contributed by atoms with Crippen molar-refractivity contribution in [2.45, 2.75) is 13.5 Å². The van der Waals surface area contributed by atoms with Crippen molar-refractivity contribution >= 4 is 5.95 Å². The third kappa shape index (κ3) is 1.53. The Hall–Kier alpha value is -1.99. The van der Waals surface area contributed by atoms with Crippen molar-refractivity contribution in [3.63, 3.8) is 0 Å². The fraction of sp³-hybridized carbons (Fsp3) is 0.500. The topological polar surface area (TPSA) is 97.2 Å². The molecule has 0 fully saturated rings. The van der Waals surface area contributed by atoms with Gasteiger partial charge in [-0.1, -0.05) is 5.10 Å². The molecule has 2 rings (SSSR count). The number of aromatic nitrogens is 7. The molecule has 0 saturated carbocycles. The van der Waals surface area contributed by atoms with Crippen molar-refractivity contribution in [3.8, 4) is 0 Å². The fourth-order valence-electron chi connectivity index (χ4n) is 1.000. The van der Waals surface area contributed by atoms with Crippen LogP contribution in [0.25, 0.3) is 0 Å². The summed E-state index contributed by atoms with van der Waals surface area (Å²) in [6.45, 7) is 2.42. The van der Waals surface area contributed by atoms with Gasteiger partial charge in [-0.25, -0.2) is 0 Å². The number of nitrogens with zero attached hydrogens (tertiary/aromatic N) is 6. The van der Waals surface area contributed by atoms with Crippen LogP contribution in [0.4, 0.5) is 5.95 Å². The Balaban J connectivity index is 2.02. The molecule has 8 nitrogen and oxygen atoms in total. The number of hydrogen-bond acceptors (Lipinski definition) is 6. The quantitative estimate of drug-likeness (QED) is 0.667. The van der Waals surface area contributed by atoms with Gasteiger partial charge < -0.3 is 9.88 Å². The summed E-state index contributed by atoms with van der Waals surface area (Å²) >= 11 is 0. The molecule has 0 aliphatic carbocycles. The lowest BCUT2D eigenvalue weighted by atomic mass is 10.5. The highest BCUT2D eigenvalue weighted by Gasteiger charge is 2.05. The highest BCUT2D eigenvalue weighted by atomic mass is 15.5. The van der Waals surface area contributed by atoms with Crippen molar-refractivity contribution in [1.29, 1.82) is 0 Å². The predicted octanol–water partition coefficient (Wildman–Crippen LogP) is -0.751. The van der Waals surface area contributed by atoms with Gasteiger partial charge in [0.05, 0.1) is 6.54 Å². The molecular formula is C6H10N8. The standard InChI is InChI=1S/C6H10N8/c1-4-8-9-5(14(4)2)3-7-6-10-12-13-11-6/h3H2,1-2H3,(H2,7,10,11,12,13). The van der Waals surface area contributed by atoms with Gasteiger partial charge in [-0.3, -0.25) is 0 Å². The number of nitrogens with one attached hydrogen (secondary N) is 2. The molecular weight excluding hydrogens is 184 g/mol. The maximum atomic E-state index is 3.98. The van der Waals surface area contributed by atoms with Crippen molar-refractivity contribution in [2.24, 2.45) is 7.05 Å². The minimum atomic E-state index is 0.450. The second-order valence-corrected chi connectivity index (χ2v) is 2.81. The van der Waals surface area contributed by atoms with E-state index < -0.39 is 0 Å². The SMILES string of the molecule is Cc1nnc(CNc2nn[nH]n2)n1C. The molecule has 2 heterocycles. The van der Waals surface area contributed by atoms with E-state index in [2.05, 4.69) is 36.1 Å². The van der Waals surface area contributed by atoms with Gasteiger partial charge in [0.15, 0.2) is 5.82 Å². The van der Waals surface area contributed by atoms with Crippen LogP contribution in [-0.2, 0) is 13.6 Å². The first kappa shape index (κ1) is 8.60. The lowest BCUT2D eigenvalue weighted by molar-refractivity contribution is 0.786. The average Bonchev–Trinajstić information content (AvgIpc) is 2.77. The fourth-order valence-corrected chi connectivity index (χ4v) is 1.000. The van der Waals surface area contributed by atoms with Gasteiger partial charge in [0, 0.05) is 7.05 Å². The summed E-state index contributed by atoms with van der Waals surface area (Å²) in [4.78, 5) is 0. The van der Waals surface area contributed by atoms with E-state index in [1.54, 1.807) is 0 Å². The Morgan fingerprint density at radius 1 is 1.36 bits per heavy atom. The highest BCUT2D eigenvalue weighted by Crippen LogP contribution is 2.00. The summed E-state index contributed by atoms with van der Waals surface area (Å²) < 4.78 is 1.90. The van der Waals surface area contributed by atoms with Crippen LogP contribution in [0.3, 0.4) is 0 Å². The molecule has 0 bridgehead atoms. The molecule has 0 saturated heterocycles. The Morgan fingerprint density at radius 2 is 2.21 bits per heavy atom. The minimum Gasteiger partial charge on any atom is -0.344 e. The number of tetrazole rings is 1. The highest BCUT2D eigenvalue weighted by molar-refractivity contribution is 5.19. The molecule has 2 N–H and O–H groups in total. The lowest BCUT2D eigenvalue weighted by Gasteiger charge is -2.00. The van der Waals surface area contributed by atoms with Gasteiger partial charge in [-0.15, -0.1) is 15.3 Å². The van der Waals surface area contributed by atoms with E-state index in [-0.39, 0.29) is 0 Å². The Bertz CT molecular complexity index is 401. The smallest absolute Gasteiger partial charge is 0.263 e. The largest absolute Gasteiger partial charge is 0.344 e. The number of anilines is 1. The zero-order valence-electron chi connectivity index (χ0n) is 7.89. The average molecular weight is 194 g/mol. The predicted molar refractivity (Wildman–Crippen MR) is 47.2 cm³/mol. The van der Waals surface area contributed by atoms with E-state index in [4.69, 9.17) is 0 Å². The first-order chi connectivity index (χ1) is 6.77. The molecule has 0 aliphatic rings. The Kier molecular flexibility index (Phi) is 2.09. The molecule has 14 heavy (non-hydrogen) atoms. The molecule has 8 heteroatoms. The van der Waals surface area contributed by atoms with Gasteiger partial charge in [0.1, 0.15) is 5.82 Å². The van der Waals surface area contributed by atoms with Crippen LogP contribution in [-0.4, -0.2) is 35.4 Å². The zero-order valence-corrected chi connectivity index (χ0v) is 7.89. The van der Waals surface area contributed by atoms with E-state index in [1.165, 1.54) is 0 Å². The minimum absolute atomic E-state index is 0.450. The van der Waals surface area contributed by atoms with Crippen LogP contribution in [0.1, 0.15) is 11.6 Å². The van der Waals surface area contributed by atoms with Crippen molar-refractivity contribution in [1.82, 2.24) is 35.4 Å². The molecule has 0 aliphatic heterocycles. The second kappa shape index (κ2) is 3.40. The molecule has 74 valence electrons. The van der Waals surface area contributed by atoms with Gasteiger partial charge >= 0.3 is 0 Å². The van der Waals surface area contributed by atoms with Gasteiger partial charge in [-0.2, -0.15) is 5.21 Å². The number of aryl methyl sites for hydroxylation is 1. The Morgan fingerprint density at radius 3 is 2.79 bits per heavy atom. The van der Waals surface area contributed by atoms with Gasteiger partial charge in [0.2, 0.25) is 0 Å². The second-order valence-electron chi connectivity index (χ2n) is 2.81. The molecule has 0 radical (unpaired) electrons. The van der Waals surface area contributed by atoms with Gasteiger partial charge in [0.25, 0.3) is 5.95 Å². The summed E-state index contributed by atoms with van der Waals surface area (Å²) in [6.07, 6.45) is 0. The summed E-state index contributed by atoms with van der Waals surface area (Å²) in [7, 11) is 1.91. The molecule has 0 spiro atoms. The third-order valence-electron chi connectivity index (χ3n) is 1.93. The zero-order chi connectivity index (χ0) is 9.97. The normalized spacial score (nSPS) is 10.4. The maximum absolute atomic E-state index is 3.98. The van der Waals surface area contributed by atoms with E-state index >= 15 is 0 Å². The third-order valence-corrected chi connectivity index (χ3v) is 1.93. The number of hydrogen-bond donors (Lipinski definition) is 2. The van der Waals surface area contributed by atoms with Crippen LogP contribution >= 0.6 is 0 Å². The van der Waals surface area contributed by atoms with Gasteiger partial charge in [-0.05, 0) is 12.1 Å². The summed E-state index contributed by atoms with van der Waals surface area (Å²) in [5.74, 6) is 2.15. The van der Waals surface area contributed by atoms with Crippen molar-refractivity contribution in [3.05, 3.63) is 11.6 Å². The van der Waals surface area contributed by atoms with Crippen LogP contribution in [0.2, 0.25) is 0 Å². The van der Waals surface area contributed by atoms with E-state index in [0.29, 0.717) is 12.5 Å². The van der Waals surface area contributed by atoms with Crippen molar-refractivity contribution < 1.29 is 0 Å². The molecule has 0 atom stereocenters. The van der Waals surface area contributed by atoms with Crippen LogP contribution in [0.5, 0.6) is 0 Å². The lowest BCUT2D eigenvalue weighted by Crippen LogP contribution is -2.07. The van der Waals surface area contributed by atoms with E-state index in [1.807, 2.05) is 18.5 Å². The number of rotatable bonds is 3. The molecule has 2 aromatic rings. The van der Waals surface area contributed by atoms with E-state index in [0.717, 1.165) is 11.6 Å².